The van der Waals surface area contributed by atoms with Gasteiger partial charge in [-0.2, -0.15) is 0 Å². The van der Waals surface area contributed by atoms with E-state index in [1.54, 1.807) is 42.6 Å². The van der Waals surface area contributed by atoms with E-state index in [9.17, 15) is 18.0 Å². The van der Waals surface area contributed by atoms with Gasteiger partial charge in [0.2, 0.25) is 15.9 Å². The summed E-state index contributed by atoms with van der Waals surface area (Å²) in [5.74, 6) is -0.665. The number of nitrogens with one attached hydrogen (secondary N) is 1. The van der Waals surface area contributed by atoms with Crippen molar-refractivity contribution in [3.05, 3.63) is 47.3 Å². The number of esters is 1. The number of sulfonamides is 1. The summed E-state index contributed by atoms with van der Waals surface area (Å²) < 4.78 is 31.8. The Labute approximate surface area is 156 Å². The van der Waals surface area contributed by atoms with Gasteiger partial charge < -0.3 is 9.64 Å². The Balaban J connectivity index is 2.03. The van der Waals surface area contributed by atoms with Gasteiger partial charge >= 0.3 is 5.97 Å². The standard InChI is InChI=1S/C17H20N2O5S2/c1-3-24-17(21)14-6-8-15(9-7-14)19(13(2)20)11-10-18-26(22,23)16-5-4-12-25-16/h4-9,12,18H,3,10-11H2,1-2H3. The number of hydrogen-bond donors (Lipinski definition) is 1. The van der Waals surface area contributed by atoms with Gasteiger partial charge in [0.25, 0.3) is 0 Å². The number of amides is 1. The predicted molar refractivity (Wildman–Crippen MR) is 99.9 cm³/mol. The second-order valence-corrected chi connectivity index (χ2v) is 8.21. The highest BCUT2D eigenvalue weighted by molar-refractivity contribution is 7.91. The van der Waals surface area contributed by atoms with E-state index in [1.165, 1.54) is 17.9 Å². The quantitative estimate of drug-likeness (QED) is 0.691. The molecule has 0 saturated heterocycles. The fraction of sp³-hybridized carbons (Fsp3) is 0.294. The van der Waals surface area contributed by atoms with E-state index in [0.717, 1.165) is 11.3 Å². The minimum Gasteiger partial charge on any atom is -0.462 e. The van der Waals surface area contributed by atoms with Crippen molar-refractivity contribution >= 4 is 38.9 Å². The van der Waals surface area contributed by atoms with Crippen LogP contribution in [0.4, 0.5) is 5.69 Å². The largest absolute Gasteiger partial charge is 0.462 e. The lowest BCUT2D eigenvalue weighted by molar-refractivity contribution is -0.116. The number of carbonyl (C=O) groups is 2. The average molecular weight is 396 g/mol. The van der Waals surface area contributed by atoms with Gasteiger partial charge in [-0.25, -0.2) is 17.9 Å². The van der Waals surface area contributed by atoms with Gasteiger partial charge in [0.05, 0.1) is 12.2 Å². The Hall–Kier alpha value is -2.23. The van der Waals surface area contributed by atoms with Crippen LogP contribution in [0.3, 0.4) is 0 Å². The number of benzene rings is 1. The van der Waals surface area contributed by atoms with Gasteiger partial charge in [-0.3, -0.25) is 4.79 Å². The number of rotatable bonds is 8. The molecular weight excluding hydrogens is 376 g/mol. The molecule has 1 aromatic heterocycles. The molecule has 0 saturated carbocycles. The maximum Gasteiger partial charge on any atom is 0.338 e. The average Bonchev–Trinajstić information content (AvgIpc) is 3.14. The van der Waals surface area contributed by atoms with E-state index >= 15 is 0 Å². The van der Waals surface area contributed by atoms with Crippen molar-refractivity contribution < 1.29 is 22.7 Å². The zero-order chi connectivity index (χ0) is 19.2. The first-order valence-corrected chi connectivity index (χ1v) is 10.3. The molecule has 0 radical (unpaired) electrons. The van der Waals surface area contributed by atoms with E-state index in [4.69, 9.17) is 4.74 Å². The summed E-state index contributed by atoms with van der Waals surface area (Å²) in [6.45, 7) is 3.64. The first kappa shape index (κ1) is 20.1. The summed E-state index contributed by atoms with van der Waals surface area (Å²) in [5.41, 5.74) is 0.957. The Bertz CT molecular complexity index is 846. The molecule has 0 spiro atoms. The zero-order valence-corrected chi connectivity index (χ0v) is 16.1. The Kier molecular flexibility index (Phi) is 6.90. The van der Waals surface area contributed by atoms with Crippen LogP contribution in [0.1, 0.15) is 24.2 Å². The van der Waals surface area contributed by atoms with E-state index in [1.807, 2.05) is 0 Å². The summed E-state index contributed by atoms with van der Waals surface area (Å²) >= 11 is 1.12. The monoisotopic (exact) mass is 396 g/mol. The summed E-state index contributed by atoms with van der Waals surface area (Å²) in [6, 6.07) is 9.57. The van der Waals surface area contributed by atoms with Crippen LogP contribution < -0.4 is 9.62 Å². The third-order valence-corrected chi connectivity index (χ3v) is 6.32. The molecule has 1 heterocycles. The van der Waals surface area contributed by atoms with Crippen molar-refractivity contribution in [1.29, 1.82) is 0 Å². The van der Waals surface area contributed by atoms with Crippen molar-refractivity contribution in [3.63, 3.8) is 0 Å². The molecule has 1 aromatic carbocycles. The molecule has 0 fully saturated rings. The third-order valence-electron chi connectivity index (χ3n) is 3.46. The van der Waals surface area contributed by atoms with Crippen molar-refractivity contribution in [2.24, 2.45) is 0 Å². The second-order valence-electron chi connectivity index (χ2n) is 5.27. The lowest BCUT2D eigenvalue weighted by Crippen LogP contribution is -2.37. The molecule has 140 valence electrons. The zero-order valence-electron chi connectivity index (χ0n) is 14.5. The molecule has 7 nitrogen and oxygen atoms in total. The Morgan fingerprint density at radius 3 is 2.42 bits per heavy atom. The SMILES string of the molecule is CCOC(=O)c1ccc(N(CCNS(=O)(=O)c2cccs2)C(C)=O)cc1. The van der Waals surface area contributed by atoms with Crippen molar-refractivity contribution in [2.75, 3.05) is 24.6 Å². The van der Waals surface area contributed by atoms with Crippen LogP contribution in [-0.2, 0) is 19.6 Å². The van der Waals surface area contributed by atoms with Crippen molar-refractivity contribution in [1.82, 2.24) is 4.72 Å². The number of anilines is 1. The summed E-state index contributed by atoms with van der Waals surface area (Å²) in [5, 5.41) is 1.68. The van der Waals surface area contributed by atoms with E-state index in [2.05, 4.69) is 4.72 Å². The van der Waals surface area contributed by atoms with E-state index < -0.39 is 16.0 Å². The molecule has 2 aromatic rings. The molecule has 1 amide bonds. The molecular formula is C17H20N2O5S2. The fourth-order valence-electron chi connectivity index (χ4n) is 2.24. The fourth-order valence-corrected chi connectivity index (χ4v) is 4.30. The molecule has 0 atom stereocenters. The molecule has 9 heteroatoms. The van der Waals surface area contributed by atoms with E-state index in [0.29, 0.717) is 11.3 Å². The summed E-state index contributed by atoms with van der Waals surface area (Å²) in [6.07, 6.45) is 0. The highest BCUT2D eigenvalue weighted by Gasteiger charge is 2.17. The van der Waals surface area contributed by atoms with Crippen LogP contribution in [0.5, 0.6) is 0 Å². The number of thiophene rings is 1. The van der Waals surface area contributed by atoms with Gasteiger partial charge in [-0.15, -0.1) is 11.3 Å². The Morgan fingerprint density at radius 2 is 1.88 bits per heavy atom. The Morgan fingerprint density at radius 1 is 1.19 bits per heavy atom. The summed E-state index contributed by atoms with van der Waals surface area (Å²) in [7, 11) is -3.58. The van der Waals surface area contributed by atoms with Crippen LogP contribution in [0.25, 0.3) is 0 Å². The molecule has 1 N–H and O–H groups in total. The highest BCUT2D eigenvalue weighted by Crippen LogP contribution is 2.17. The number of nitrogens with zero attached hydrogens (tertiary/aromatic N) is 1. The number of carbonyl (C=O) groups excluding carboxylic acids is 2. The lowest BCUT2D eigenvalue weighted by atomic mass is 10.2. The molecule has 0 aliphatic heterocycles. The number of hydrogen-bond acceptors (Lipinski definition) is 6. The molecule has 0 aliphatic carbocycles. The smallest absolute Gasteiger partial charge is 0.338 e. The third kappa shape index (κ3) is 5.13. The summed E-state index contributed by atoms with van der Waals surface area (Å²) in [4.78, 5) is 25.0. The van der Waals surface area contributed by atoms with Gasteiger partial charge in [0.1, 0.15) is 4.21 Å². The molecule has 26 heavy (non-hydrogen) atoms. The lowest BCUT2D eigenvalue weighted by Gasteiger charge is -2.21. The van der Waals surface area contributed by atoms with Crippen LogP contribution in [0.2, 0.25) is 0 Å². The first-order chi connectivity index (χ1) is 12.3. The van der Waals surface area contributed by atoms with Gasteiger partial charge in [-0.05, 0) is 42.6 Å². The predicted octanol–water partition coefficient (Wildman–Crippen LogP) is 2.26. The minimum atomic E-state index is -3.58. The van der Waals surface area contributed by atoms with Crippen molar-refractivity contribution in [3.8, 4) is 0 Å². The molecule has 2 rings (SSSR count). The normalized spacial score (nSPS) is 11.2. The van der Waals surface area contributed by atoms with Gasteiger partial charge in [0.15, 0.2) is 0 Å². The molecule has 0 unspecified atom stereocenters. The van der Waals surface area contributed by atoms with Crippen LogP contribution in [0, 0.1) is 0 Å². The van der Waals surface area contributed by atoms with Crippen LogP contribution in [-0.4, -0.2) is 40.0 Å². The highest BCUT2D eigenvalue weighted by atomic mass is 32.2. The van der Waals surface area contributed by atoms with Crippen molar-refractivity contribution in [2.45, 2.75) is 18.1 Å². The maximum absolute atomic E-state index is 12.1. The molecule has 0 bridgehead atoms. The van der Waals surface area contributed by atoms with E-state index in [-0.39, 0.29) is 29.8 Å². The maximum atomic E-state index is 12.1. The molecule has 0 aliphatic rings. The second kappa shape index (κ2) is 8.93. The van der Waals surface area contributed by atoms with Crippen LogP contribution >= 0.6 is 11.3 Å². The first-order valence-electron chi connectivity index (χ1n) is 7.93. The van der Waals surface area contributed by atoms with Gasteiger partial charge in [-0.1, -0.05) is 6.07 Å². The van der Waals surface area contributed by atoms with Gasteiger partial charge in [0, 0.05) is 25.7 Å². The minimum absolute atomic E-state index is 0.0689. The van der Waals surface area contributed by atoms with Crippen LogP contribution in [0.15, 0.2) is 46.0 Å². The number of ether oxygens (including phenoxy) is 1. The topological polar surface area (TPSA) is 92.8 Å².